The Morgan fingerprint density at radius 2 is 0.462 bits per heavy atom. The van der Waals surface area contributed by atoms with E-state index in [1.165, 1.54) is 77.0 Å². The number of carbonyl (C=O) groups excluding carboxylic acids is 2. The van der Waals surface area contributed by atoms with Crippen LogP contribution in [0, 0.1) is 0 Å². The highest BCUT2D eigenvalue weighted by atomic mass is 16.6. The molecule has 0 unspecified atom stereocenters. The molecule has 0 bridgehead atoms. The highest BCUT2D eigenvalue weighted by molar-refractivity contribution is 5.69. The van der Waals surface area contributed by atoms with Crippen LogP contribution in [0.15, 0.2) is 0 Å². The van der Waals surface area contributed by atoms with E-state index in [2.05, 4.69) is 13.8 Å². The van der Waals surface area contributed by atoms with Crippen LogP contribution in [0.3, 0.4) is 0 Å². The van der Waals surface area contributed by atoms with E-state index < -0.39 is 0 Å². The van der Waals surface area contributed by atoms with Crippen LogP contribution < -0.4 is 0 Å². The van der Waals surface area contributed by atoms with Crippen molar-refractivity contribution in [2.45, 2.75) is 129 Å². The third kappa shape index (κ3) is 44.8. The van der Waals surface area contributed by atoms with Crippen LogP contribution in [0.2, 0.25) is 0 Å². The van der Waals surface area contributed by atoms with Gasteiger partial charge in [-0.15, -0.1) is 0 Å². The van der Waals surface area contributed by atoms with Crippen LogP contribution in [-0.4, -0.2) is 131 Å². The molecular weight excluding hydrogens is 672 g/mol. The van der Waals surface area contributed by atoms with E-state index in [9.17, 15) is 9.59 Å². The first kappa shape index (κ1) is 50.6. The Labute approximate surface area is 316 Å². The lowest BCUT2D eigenvalue weighted by atomic mass is 10.1. The van der Waals surface area contributed by atoms with E-state index in [0.717, 1.165) is 25.7 Å². The lowest BCUT2D eigenvalue weighted by molar-refractivity contribution is -0.146. The Kier molecular flexibility index (Phi) is 44.6. The third-order valence-electron chi connectivity index (χ3n) is 8.05. The van der Waals surface area contributed by atoms with E-state index in [4.69, 9.17) is 47.4 Å². The summed E-state index contributed by atoms with van der Waals surface area (Å²) in [4.78, 5) is 23.5. The molecule has 0 rings (SSSR count). The molecule has 0 aromatic rings. The van der Waals surface area contributed by atoms with E-state index in [-0.39, 0.29) is 25.2 Å². The quantitative estimate of drug-likeness (QED) is 0.0459. The summed E-state index contributed by atoms with van der Waals surface area (Å²) in [7, 11) is 0. The second kappa shape index (κ2) is 45.8. The van der Waals surface area contributed by atoms with E-state index in [1.807, 2.05) is 0 Å². The fourth-order valence-corrected chi connectivity index (χ4v) is 5.02. The van der Waals surface area contributed by atoms with Crippen molar-refractivity contribution in [1.82, 2.24) is 0 Å². The Hall–Kier alpha value is -1.38. The number of esters is 2. The Morgan fingerprint density at radius 3 is 0.692 bits per heavy atom. The molecule has 0 saturated carbocycles. The van der Waals surface area contributed by atoms with Gasteiger partial charge in [-0.2, -0.15) is 0 Å². The van der Waals surface area contributed by atoms with Crippen molar-refractivity contribution in [1.29, 1.82) is 0 Å². The molecule has 0 N–H and O–H groups in total. The maximum absolute atomic E-state index is 11.8. The molecule has 0 aromatic heterocycles. The molecule has 0 aliphatic rings. The molecule has 0 atom stereocenters. The molecule has 310 valence electrons. The average molecular weight is 751 g/mol. The minimum Gasteiger partial charge on any atom is -0.463 e. The molecule has 12 heteroatoms. The summed E-state index contributed by atoms with van der Waals surface area (Å²) in [6.45, 7) is 12.5. The zero-order valence-corrected chi connectivity index (χ0v) is 33.4. The summed E-state index contributed by atoms with van der Waals surface area (Å²) in [6, 6.07) is 0. The highest BCUT2D eigenvalue weighted by Gasteiger charge is 2.04. The number of hydrogen-bond acceptors (Lipinski definition) is 12. The van der Waals surface area contributed by atoms with E-state index >= 15 is 0 Å². The van der Waals surface area contributed by atoms with Crippen molar-refractivity contribution in [2.24, 2.45) is 0 Å². The number of ether oxygens (including phenoxy) is 10. The molecule has 0 aliphatic carbocycles. The number of rotatable bonds is 45. The summed E-state index contributed by atoms with van der Waals surface area (Å²) in [5.41, 5.74) is 0. The van der Waals surface area contributed by atoms with Crippen LogP contribution in [0.1, 0.15) is 129 Å². The molecule has 12 nitrogen and oxygen atoms in total. The molecule has 0 heterocycles. The van der Waals surface area contributed by atoms with Crippen molar-refractivity contribution in [3.8, 4) is 0 Å². The van der Waals surface area contributed by atoms with Crippen LogP contribution in [0.25, 0.3) is 0 Å². The lowest BCUT2D eigenvalue weighted by Crippen LogP contribution is -2.15. The van der Waals surface area contributed by atoms with Crippen molar-refractivity contribution in [2.75, 3.05) is 119 Å². The van der Waals surface area contributed by atoms with Gasteiger partial charge in [-0.25, -0.2) is 0 Å². The van der Waals surface area contributed by atoms with Crippen molar-refractivity contribution >= 4 is 11.9 Å². The second-order valence-electron chi connectivity index (χ2n) is 12.8. The zero-order valence-electron chi connectivity index (χ0n) is 33.4. The van der Waals surface area contributed by atoms with Crippen LogP contribution in [0.5, 0.6) is 0 Å². The van der Waals surface area contributed by atoms with Crippen molar-refractivity contribution < 1.29 is 57.0 Å². The lowest BCUT2D eigenvalue weighted by Gasteiger charge is -2.09. The minimum absolute atomic E-state index is 0.138. The fraction of sp³-hybridized carbons (Fsp3) is 0.950. The Morgan fingerprint density at radius 1 is 0.269 bits per heavy atom. The largest absolute Gasteiger partial charge is 0.463 e. The number of unbranched alkanes of at least 4 members (excludes halogenated alkanes) is 14. The first-order valence-electron chi connectivity index (χ1n) is 20.6. The molecule has 52 heavy (non-hydrogen) atoms. The van der Waals surface area contributed by atoms with Gasteiger partial charge < -0.3 is 47.4 Å². The first-order valence-corrected chi connectivity index (χ1v) is 20.6. The molecular formula is C40H78O12. The van der Waals surface area contributed by atoms with E-state index in [0.29, 0.717) is 119 Å². The maximum atomic E-state index is 11.8. The van der Waals surface area contributed by atoms with Gasteiger partial charge in [0, 0.05) is 12.8 Å². The normalized spacial score (nSPS) is 11.3. The van der Waals surface area contributed by atoms with Gasteiger partial charge in [0.25, 0.3) is 0 Å². The molecule has 0 spiro atoms. The summed E-state index contributed by atoms with van der Waals surface area (Å²) < 4.78 is 54.2. The number of hydrogen-bond donors (Lipinski definition) is 0. The smallest absolute Gasteiger partial charge is 0.305 e. The average Bonchev–Trinajstić information content (AvgIpc) is 3.14. The number of carbonyl (C=O) groups is 2. The predicted octanol–water partition coefficient (Wildman–Crippen LogP) is 7.27. The van der Waals surface area contributed by atoms with Gasteiger partial charge in [-0.3, -0.25) is 9.59 Å². The monoisotopic (exact) mass is 751 g/mol. The standard InChI is InChI=1S/C40H78O12/c1-3-5-7-9-11-12-14-16-18-20-40(42)52-38-36-50-34-32-48-30-28-46-26-24-44-22-21-43-23-25-45-27-29-47-31-33-49-35-37-51-39(41)19-17-15-13-10-8-6-4-2/h3-38H2,1-2H3. The van der Waals surface area contributed by atoms with Gasteiger partial charge in [0.1, 0.15) is 13.2 Å². The van der Waals surface area contributed by atoms with Gasteiger partial charge in [-0.1, -0.05) is 104 Å². The highest BCUT2D eigenvalue weighted by Crippen LogP contribution is 2.11. The third-order valence-corrected chi connectivity index (χ3v) is 8.05. The summed E-state index contributed by atoms with van der Waals surface area (Å²) >= 11 is 0. The van der Waals surface area contributed by atoms with Gasteiger partial charge in [-0.05, 0) is 12.8 Å². The Balaban J connectivity index is 3.15. The van der Waals surface area contributed by atoms with Crippen LogP contribution in [0.4, 0.5) is 0 Å². The molecule has 0 saturated heterocycles. The van der Waals surface area contributed by atoms with Crippen LogP contribution in [-0.2, 0) is 57.0 Å². The van der Waals surface area contributed by atoms with E-state index in [1.54, 1.807) is 0 Å². The first-order chi connectivity index (χ1) is 25.7. The molecule has 0 aromatic carbocycles. The van der Waals surface area contributed by atoms with Crippen LogP contribution >= 0.6 is 0 Å². The summed E-state index contributed by atoms with van der Waals surface area (Å²) in [5.74, 6) is -0.279. The maximum Gasteiger partial charge on any atom is 0.305 e. The van der Waals surface area contributed by atoms with Gasteiger partial charge in [0.05, 0.1) is 106 Å². The second-order valence-corrected chi connectivity index (χ2v) is 12.8. The fourth-order valence-electron chi connectivity index (χ4n) is 5.02. The van der Waals surface area contributed by atoms with Gasteiger partial charge >= 0.3 is 11.9 Å². The summed E-state index contributed by atoms with van der Waals surface area (Å²) in [5, 5.41) is 0. The van der Waals surface area contributed by atoms with Gasteiger partial charge in [0.15, 0.2) is 0 Å². The SMILES string of the molecule is CCCCCCCCCCCC(=O)OCCOCCOCCOCCOCCOCCOCCOCCOCCOC(=O)CCCCCCCCC. The molecule has 0 fully saturated rings. The minimum atomic E-state index is -0.142. The van der Waals surface area contributed by atoms with Crippen molar-refractivity contribution in [3.63, 3.8) is 0 Å². The molecule has 0 radical (unpaired) electrons. The topological polar surface area (TPSA) is 126 Å². The predicted molar refractivity (Wildman–Crippen MR) is 203 cm³/mol. The molecule has 0 amide bonds. The Bertz CT molecular complexity index is 712. The summed E-state index contributed by atoms with van der Waals surface area (Å²) in [6.07, 6.45) is 20.4. The van der Waals surface area contributed by atoms with Gasteiger partial charge in [0.2, 0.25) is 0 Å². The zero-order chi connectivity index (χ0) is 37.7. The van der Waals surface area contributed by atoms with Crippen molar-refractivity contribution in [3.05, 3.63) is 0 Å². The molecule has 0 aliphatic heterocycles.